The maximum absolute atomic E-state index is 7.94. The first-order chi connectivity index (χ1) is 65.7. The van der Waals surface area contributed by atoms with Gasteiger partial charge >= 0.3 is 0 Å². The molecule has 0 bridgehead atoms. The molecule has 138 heavy (non-hydrogen) atoms. The number of halogens is 1. The summed E-state index contributed by atoms with van der Waals surface area (Å²) in [5, 5.41) is 24.4. The number of hydrogen-bond donors (Lipinski definition) is 2. The Hall–Kier alpha value is 18.4. The lowest BCUT2D eigenvalue weighted by Crippen LogP contribution is -2.40. The minimum atomic E-state index is -0.277. The molecule has 6 aromatic heterocycles. The number of piperidine rings is 2. The van der Waals surface area contributed by atoms with E-state index in [1.807, 2.05) is 16.6 Å². The molecule has 34 unspecified atom stereocenters. The van der Waals surface area contributed by atoms with Crippen LogP contribution in [0.25, 0.3) is 33.1 Å². The lowest BCUT2D eigenvalue weighted by atomic mass is 9.98. The number of aryl methyl sites for hydroxylation is 2. The van der Waals surface area contributed by atoms with Crippen LogP contribution in [-0.4, -0.2) is 166 Å². The van der Waals surface area contributed by atoms with Gasteiger partial charge in [0.2, 0.25) is 0 Å². The fraction of sp³-hybridized carbons (Fsp3) is 0.525. The lowest BCUT2D eigenvalue weighted by Gasteiger charge is -2.60. The fourth-order valence-electron chi connectivity index (χ4n) is 15.0. The largest absolute Gasteiger partial charge is 0.394 e. The minimum Gasteiger partial charge on any atom is -0.394 e. The van der Waals surface area contributed by atoms with Crippen molar-refractivity contribution in [3.63, 3.8) is 0 Å². The molecular formula is C59H137ClN16O4P58. The molecule has 6 fully saturated rings. The van der Waals surface area contributed by atoms with Crippen LogP contribution in [0.3, 0.4) is 0 Å². The first-order valence-corrected chi connectivity index (χ1v) is 148. The van der Waals surface area contributed by atoms with E-state index in [2.05, 4.69) is 384 Å². The molecule has 6 aliphatic heterocycles. The molecule has 0 amide bonds. The normalized spacial score (nSPS) is 17.8. The predicted molar refractivity (Wildman–Crippen MR) is 801 cm³/mol. The minimum absolute atomic E-state index is 0.122. The van der Waals surface area contributed by atoms with Crippen LogP contribution in [0.1, 0.15) is 99.8 Å². The lowest BCUT2D eigenvalue weighted by molar-refractivity contribution is 0.122. The summed E-state index contributed by atoms with van der Waals surface area (Å²) in [6, 6.07) is 21.7. The van der Waals surface area contributed by atoms with Gasteiger partial charge in [-0.25, -0.2) is 29.9 Å². The maximum atomic E-state index is 7.94. The van der Waals surface area contributed by atoms with Crippen LogP contribution in [-0.2, 0) is 27.1 Å². The second kappa shape index (κ2) is 71.6. The van der Waals surface area contributed by atoms with Gasteiger partial charge in [-0.1, -0.05) is 56.1 Å². The van der Waals surface area contributed by atoms with E-state index in [0.29, 0.717) is 17.8 Å². The van der Waals surface area contributed by atoms with Crippen LogP contribution < -0.4 is 29.8 Å². The quantitative estimate of drug-likeness (QED) is 0.0274. The standard InChI is InChI=1S/C28H34N8O.C18H26N6O.C10H9ClN2.C3H8O2.H60P58/c1-2-20-7-5-8-21-27(20)28(30-19-29-21)35-12-4-3-9-23(35)22-17-25-31-24(33-10-6-11-33)18-26(36(25)32-22)34-13-15-37-16-14-34;1-2-5-19-14(4-1)15-12-17-20-16(22-6-3-7-22)13-18(24(17)21-15)23-8-10-25-11-9-23;1-2-7-4-3-5-8-9(7)10(11)13-6-12-8;1-5-3-2-4;1-31(2)46(32(3)4)53(45(29)30)57(54(47(33(5)6)34(7)8)48(35(9)10)36(11)12)58(55(49(37(13)14)38(15)16)50(39(17)18)40(19)20)56(51(41(21)22)42(23)24)52(43(25)26)44(27)28/h5,7-8,17-19,23H,2-4,6,9-16H2,1H3;12-14,19H,1-11H2;3-6H,2H2,1H3;4H,2-3H2,1H3;1-30H2. The molecule has 8 aromatic rings. The van der Waals surface area contributed by atoms with Crippen molar-refractivity contribution < 1.29 is 19.3 Å². The van der Waals surface area contributed by atoms with Crippen molar-refractivity contribution in [2.24, 2.45) is 0 Å². The van der Waals surface area contributed by atoms with Crippen LogP contribution in [0.4, 0.5) is 29.1 Å². The van der Waals surface area contributed by atoms with Crippen molar-refractivity contribution in [2.45, 2.75) is 90.1 Å². The number of aliphatic hydroxyl groups is 1. The number of benzene rings is 2. The molecule has 2 N–H and O–H groups in total. The highest BCUT2D eigenvalue weighted by atomic mass is 35.5. The number of methoxy groups -OCH3 is 1. The summed E-state index contributed by atoms with van der Waals surface area (Å²) in [4.78, 5) is 39.5. The average Bonchev–Trinajstić information content (AvgIpc) is 0.799. The highest BCUT2D eigenvalue weighted by Gasteiger charge is 2.61. The summed E-state index contributed by atoms with van der Waals surface area (Å²) >= 11 is 5.99. The van der Waals surface area contributed by atoms with Crippen LogP contribution in [0.15, 0.2) is 73.3 Å². The monoisotopic (exact) mass is 2970 g/mol. The molecule has 0 saturated carbocycles. The van der Waals surface area contributed by atoms with Crippen LogP contribution in [0.5, 0.6) is 0 Å². The summed E-state index contributed by atoms with van der Waals surface area (Å²) in [5.74, 6) is 5.44. The first-order valence-electron chi connectivity index (χ1n) is 42.2. The van der Waals surface area contributed by atoms with Crippen molar-refractivity contribution in [1.82, 2.24) is 54.4 Å². The number of anilines is 5. The second-order valence-corrected chi connectivity index (χ2v) is 270. The predicted octanol–water partition coefficient (Wildman–Crippen LogP) is 42.0. The Labute approximate surface area is 928 Å². The molecule has 0 radical (unpaired) electrons. The fourth-order valence-corrected chi connectivity index (χ4v) is 852. The molecular weight excluding hydrogens is 2830 g/mol. The summed E-state index contributed by atoms with van der Waals surface area (Å²) < 4.78 is 19.7. The smallest absolute Gasteiger partial charge is 0.160 e. The third-order valence-corrected chi connectivity index (χ3v) is 423. The van der Waals surface area contributed by atoms with E-state index >= 15 is 0 Å². The van der Waals surface area contributed by atoms with E-state index in [-0.39, 0.29) is 208 Å². The number of rotatable bonds is 38. The molecule has 6 aliphatic rings. The van der Waals surface area contributed by atoms with Gasteiger partial charge in [0.05, 0.1) is 74.1 Å². The van der Waals surface area contributed by atoms with Crippen molar-refractivity contribution in [3.05, 3.63) is 101 Å². The Morgan fingerprint density at radius 3 is 1.10 bits per heavy atom. The third-order valence-electron chi connectivity index (χ3n) is 21.1. The molecule has 12 heterocycles. The van der Waals surface area contributed by atoms with E-state index in [4.69, 9.17) is 51.3 Å². The van der Waals surface area contributed by atoms with Gasteiger partial charge in [-0.05, 0) is 283 Å². The highest BCUT2D eigenvalue weighted by Crippen LogP contribution is 3.48. The highest BCUT2D eigenvalue weighted by molar-refractivity contribution is 9.54. The Bertz CT molecular complexity index is 4840. The van der Waals surface area contributed by atoms with Crippen molar-refractivity contribution in [2.75, 3.05) is 137 Å². The number of ether oxygens (including phenoxy) is 3. The Balaban J connectivity index is 0.000000205. The van der Waals surface area contributed by atoms with Gasteiger partial charge in [0.1, 0.15) is 46.9 Å². The molecule has 0 spiro atoms. The summed E-state index contributed by atoms with van der Waals surface area (Å²) in [6.45, 7) is 11.8. The zero-order chi connectivity index (χ0) is 101. The topological polar surface area (TPSA) is 188 Å². The maximum Gasteiger partial charge on any atom is 0.160 e. The number of fused-ring (bicyclic) bond motifs is 4. The van der Waals surface area contributed by atoms with E-state index in [0.717, 1.165) is 192 Å². The number of morpholine rings is 2. The van der Waals surface area contributed by atoms with Crippen LogP contribution in [0, 0.1) is 0 Å². The molecule has 2 aromatic carbocycles. The summed E-state index contributed by atoms with van der Waals surface area (Å²) in [7, 11) is 108. The zero-order valence-electron chi connectivity index (χ0n) is 76.6. The van der Waals surface area contributed by atoms with Crippen LogP contribution in [0.2, 0.25) is 5.15 Å². The van der Waals surface area contributed by atoms with Gasteiger partial charge in [0.25, 0.3) is 0 Å². The number of hydrogen-bond acceptors (Lipinski definition) is 18. The molecule has 20 nitrogen and oxygen atoms in total. The number of aliphatic hydroxyl groups excluding tert-OH is 1. The molecule has 6 saturated heterocycles. The van der Waals surface area contributed by atoms with Gasteiger partial charge in [0.15, 0.2) is 11.3 Å². The zero-order valence-corrected chi connectivity index (χ0v) is 137. The Morgan fingerprint density at radius 2 is 0.746 bits per heavy atom. The molecule has 774 valence electrons. The van der Waals surface area contributed by atoms with Crippen LogP contribution >= 0.6 is 475 Å². The number of nitrogens with zero attached hydrogens (tertiary/aromatic N) is 15. The van der Waals surface area contributed by atoms with Gasteiger partial charge in [0, 0.05) is 101 Å². The van der Waals surface area contributed by atoms with E-state index in [1.54, 1.807) is 13.4 Å². The van der Waals surface area contributed by atoms with Crippen molar-refractivity contribution in [1.29, 1.82) is 0 Å². The van der Waals surface area contributed by atoms with Gasteiger partial charge in [-0.2, -0.15) is 19.2 Å². The second-order valence-electron chi connectivity index (χ2n) is 30.3. The number of aromatic nitrogens is 10. The van der Waals surface area contributed by atoms with E-state index in [9.17, 15) is 0 Å². The first kappa shape index (κ1) is 138. The Morgan fingerprint density at radius 1 is 0.391 bits per heavy atom. The third kappa shape index (κ3) is 39.5. The average molecular weight is 2970 g/mol. The van der Waals surface area contributed by atoms with E-state index in [1.165, 1.54) is 54.9 Å². The van der Waals surface area contributed by atoms with Gasteiger partial charge in [-0.3, -0.25) is 0 Å². The van der Waals surface area contributed by atoms with Crippen molar-refractivity contribution in [3.8, 4) is 0 Å². The molecule has 79 heteroatoms. The summed E-state index contributed by atoms with van der Waals surface area (Å²) in [6.07, 6.45) is 14.7. The van der Waals surface area contributed by atoms with Crippen molar-refractivity contribution >= 4 is 537 Å². The Kier molecular flexibility index (Phi) is 71.7. The van der Waals surface area contributed by atoms with E-state index < -0.39 is 0 Å². The number of nitrogens with one attached hydrogen (secondary N) is 1. The molecule has 14 rings (SSSR count). The SMILES string of the molecule is CCc1cccc2ncnc(Cl)c12.CCc1cccc2ncnc(N3CCCCC3c3cc4nc(N5CCC5)cc(N5CCOCC5)n4n3)c12.COCCO.PP(P)P(P(P)P)P(P(P)P)P(P(P(P(P)P)P(P)P)P(P(P)P)P(P)P)P(P(P(P(P)P)P(P)P)P(P(P)P)P(P)P)P(P(P(P)P)P(P)P)P(P(P)P)P(P)P.c1c(N2CCC2)nc2cc(C3CCCCN3)nn2c1N1CCOCC1. The molecule has 0 aliphatic carbocycles. The molecule has 34 atom stereocenters. The van der Waals surface area contributed by atoms with Gasteiger partial charge < -0.3 is 49.1 Å². The summed E-state index contributed by atoms with van der Waals surface area (Å²) in [5.41, 5.74) is 8.51. The van der Waals surface area contributed by atoms with Gasteiger partial charge in [-0.15, -0.1) is 268 Å².